The second-order valence-corrected chi connectivity index (χ2v) is 5.50. The van der Waals surface area contributed by atoms with Crippen LogP contribution in [0.4, 0.5) is 5.69 Å². The Morgan fingerprint density at radius 2 is 1.73 bits per heavy atom. The molecule has 1 aromatic carbocycles. The molecule has 120 valence electrons. The van der Waals surface area contributed by atoms with Crippen molar-refractivity contribution < 1.29 is 19.1 Å². The molecule has 0 aliphatic heterocycles. The fourth-order valence-corrected chi connectivity index (χ4v) is 1.68. The number of rotatable bonds is 7. The Bertz CT molecular complexity index is 538. The number of nitrogens with one attached hydrogen (secondary N) is 1. The van der Waals surface area contributed by atoms with E-state index >= 15 is 0 Å². The number of benzene rings is 1. The minimum absolute atomic E-state index is 0.294. The molecule has 0 heterocycles. The fourth-order valence-electron chi connectivity index (χ4n) is 1.68. The standard InChI is InChI=1S/C16H22N2O4/c1-10(2)4-9-14(19)22-11(3)16(21)18-13-7-5-12(6-8-13)15(17)20/h5-8,10-11H,4,9H2,1-3H3,(H2,17,20)(H,18,21)/t11-/m1/s1. The van der Waals surface area contributed by atoms with Crippen LogP contribution in [-0.4, -0.2) is 23.9 Å². The summed E-state index contributed by atoms with van der Waals surface area (Å²) in [5.41, 5.74) is 5.99. The summed E-state index contributed by atoms with van der Waals surface area (Å²) in [7, 11) is 0. The van der Waals surface area contributed by atoms with Crippen LogP contribution in [0.3, 0.4) is 0 Å². The zero-order valence-corrected chi connectivity index (χ0v) is 13.1. The molecule has 6 nitrogen and oxygen atoms in total. The zero-order chi connectivity index (χ0) is 16.7. The Morgan fingerprint density at radius 3 is 2.23 bits per heavy atom. The van der Waals surface area contributed by atoms with Crippen molar-refractivity contribution in [2.24, 2.45) is 11.7 Å². The van der Waals surface area contributed by atoms with Crippen molar-refractivity contribution >= 4 is 23.5 Å². The van der Waals surface area contributed by atoms with Gasteiger partial charge in [-0.05, 0) is 43.5 Å². The number of carbonyl (C=O) groups is 3. The molecular formula is C16H22N2O4. The summed E-state index contributed by atoms with van der Waals surface area (Å²) in [5, 5.41) is 2.61. The van der Waals surface area contributed by atoms with E-state index in [0.29, 0.717) is 23.6 Å². The minimum atomic E-state index is -0.879. The fraction of sp³-hybridized carbons (Fsp3) is 0.438. The molecule has 0 unspecified atom stereocenters. The lowest BCUT2D eigenvalue weighted by atomic mass is 10.1. The highest BCUT2D eigenvalue weighted by atomic mass is 16.5. The molecule has 22 heavy (non-hydrogen) atoms. The quantitative estimate of drug-likeness (QED) is 0.753. The van der Waals surface area contributed by atoms with Gasteiger partial charge < -0.3 is 15.8 Å². The lowest BCUT2D eigenvalue weighted by Gasteiger charge is -2.14. The van der Waals surface area contributed by atoms with Gasteiger partial charge in [-0.15, -0.1) is 0 Å². The molecule has 0 aliphatic carbocycles. The maximum Gasteiger partial charge on any atom is 0.306 e. The van der Waals surface area contributed by atoms with E-state index in [1.165, 1.54) is 19.1 Å². The van der Waals surface area contributed by atoms with Gasteiger partial charge in [0.05, 0.1) is 0 Å². The third kappa shape index (κ3) is 5.95. The molecule has 6 heteroatoms. The first kappa shape index (κ1) is 17.7. The lowest BCUT2D eigenvalue weighted by molar-refractivity contribution is -0.153. The van der Waals surface area contributed by atoms with E-state index in [1.807, 2.05) is 13.8 Å². The highest BCUT2D eigenvalue weighted by Gasteiger charge is 2.18. The van der Waals surface area contributed by atoms with Crippen molar-refractivity contribution in [1.82, 2.24) is 0 Å². The number of primary amides is 1. The van der Waals surface area contributed by atoms with Gasteiger partial charge in [0.25, 0.3) is 5.91 Å². The van der Waals surface area contributed by atoms with Crippen LogP contribution in [0.1, 0.15) is 44.0 Å². The Hall–Kier alpha value is -2.37. The number of amides is 2. The van der Waals surface area contributed by atoms with E-state index in [-0.39, 0.29) is 5.97 Å². The first-order chi connectivity index (χ1) is 10.3. The number of esters is 1. The molecule has 0 aromatic heterocycles. The Morgan fingerprint density at radius 1 is 1.14 bits per heavy atom. The Kier molecular flexibility index (Phi) is 6.56. The van der Waals surface area contributed by atoms with E-state index in [4.69, 9.17) is 10.5 Å². The molecule has 0 radical (unpaired) electrons. The van der Waals surface area contributed by atoms with E-state index in [9.17, 15) is 14.4 Å². The van der Waals surface area contributed by atoms with Crippen LogP contribution in [0, 0.1) is 5.92 Å². The molecule has 0 spiro atoms. The maximum atomic E-state index is 11.9. The first-order valence-electron chi connectivity index (χ1n) is 7.19. The predicted molar refractivity (Wildman–Crippen MR) is 83.2 cm³/mol. The summed E-state index contributed by atoms with van der Waals surface area (Å²) in [5.74, 6) is -0.948. The van der Waals surface area contributed by atoms with E-state index in [1.54, 1.807) is 12.1 Å². The monoisotopic (exact) mass is 306 g/mol. The number of hydrogen-bond acceptors (Lipinski definition) is 4. The summed E-state index contributed by atoms with van der Waals surface area (Å²) in [6, 6.07) is 6.14. The van der Waals surface area contributed by atoms with Crippen LogP contribution >= 0.6 is 0 Å². The summed E-state index contributed by atoms with van der Waals surface area (Å²) < 4.78 is 5.07. The molecule has 3 N–H and O–H groups in total. The van der Waals surface area contributed by atoms with Gasteiger partial charge in [0.2, 0.25) is 5.91 Å². The minimum Gasteiger partial charge on any atom is -0.453 e. The van der Waals surface area contributed by atoms with Crippen molar-refractivity contribution in [3.8, 4) is 0 Å². The van der Waals surface area contributed by atoms with E-state index < -0.39 is 17.9 Å². The van der Waals surface area contributed by atoms with Crippen LogP contribution in [0.2, 0.25) is 0 Å². The summed E-state index contributed by atoms with van der Waals surface area (Å²) >= 11 is 0. The molecule has 1 aromatic rings. The normalized spacial score (nSPS) is 11.8. The van der Waals surface area contributed by atoms with E-state index in [0.717, 1.165) is 6.42 Å². The Labute approximate surface area is 130 Å². The van der Waals surface area contributed by atoms with E-state index in [2.05, 4.69) is 5.32 Å². The molecule has 0 saturated carbocycles. The number of carbonyl (C=O) groups excluding carboxylic acids is 3. The summed E-state index contributed by atoms with van der Waals surface area (Å²) in [6.07, 6.45) is 0.139. The van der Waals surface area contributed by atoms with Crippen molar-refractivity contribution in [3.63, 3.8) is 0 Å². The van der Waals surface area contributed by atoms with Crippen LogP contribution in [0.15, 0.2) is 24.3 Å². The van der Waals surface area contributed by atoms with Gasteiger partial charge in [-0.2, -0.15) is 0 Å². The number of anilines is 1. The van der Waals surface area contributed by atoms with Gasteiger partial charge in [0, 0.05) is 17.7 Å². The van der Waals surface area contributed by atoms with Crippen molar-refractivity contribution in [3.05, 3.63) is 29.8 Å². The highest BCUT2D eigenvalue weighted by Crippen LogP contribution is 2.11. The maximum absolute atomic E-state index is 11.9. The van der Waals surface area contributed by atoms with Gasteiger partial charge in [-0.1, -0.05) is 13.8 Å². The Balaban J connectivity index is 2.50. The second-order valence-electron chi connectivity index (χ2n) is 5.50. The number of nitrogens with two attached hydrogens (primary N) is 1. The van der Waals surface area contributed by atoms with Crippen LogP contribution in [0.5, 0.6) is 0 Å². The molecule has 0 saturated heterocycles. The van der Waals surface area contributed by atoms with Crippen LogP contribution < -0.4 is 11.1 Å². The molecule has 0 aliphatic rings. The van der Waals surface area contributed by atoms with Crippen molar-refractivity contribution in [2.45, 2.75) is 39.7 Å². The second kappa shape index (κ2) is 8.17. The average molecular weight is 306 g/mol. The van der Waals surface area contributed by atoms with Gasteiger partial charge in [0.15, 0.2) is 6.10 Å². The van der Waals surface area contributed by atoms with Gasteiger partial charge in [0.1, 0.15) is 0 Å². The molecule has 1 atom stereocenters. The molecule has 1 rings (SSSR count). The van der Waals surface area contributed by atoms with Crippen LogP contribution in [0.25, 0.3) is 0 Å². The average Bonchev–Trinajstić information content (AvgIpc) is 2.45. The summed E-state index contributed by atoms with van der Waals surface area (Å²) in [6.45, 7) is 5.54. The van der Waals surface area contributed by atoms with Crippen molar-refractivity contribution in [1.29, 1.82) is 0 Å². The number of ether oxygens (including phenoxy) is 1. The predicted octanol–water partition coefficient (Wildman–Crippen LogP) is 2.09. The topological polar surface area (TPSA) is 98.5 Å². The van der Waals surface area contributed by atoms with Gasteiger partial charge in [-0.3, -0.25) is 14.4 Å². The van der Waals surface area contributed by atoms with Crippen molar-refractivity contribution in [2.75, 3.05) is 5.32 Å². The molecule has 2 amide bonds. The third-order valence-corrected chi connectivity index (χ3v) is 3.04. The lowest BCUT2D eigenvalue weighted by Crippen LogP contribution is -2.30. The summed E-state index contributed by atoms with van der Waals surface area (Å²) in [4.78, 5) is 34.5. The van der Waals surface area contributed by atoms with Crippen LogP contribution in [-0.2, 0) is 14.3 Å². The molecule has 0 fully saturated rings. The molecular weight excluding hydrogens is 284 g/mol. The number of hydrogen-bond donors (Lipinski definition) is 2. The first-order valence-corrected chi connectivity index (χ1v) is 7.19. The van der Waals surface area contributed by atoms with Gasteiger partial charge >= 0.3 is 5.97 Å². The smallest absolute Gasteiger partial charge is 0.306 e. The molecule has 0 bridgehead atoms. The zero-order valence-electron chi connectivity index (χ0n) is 13.1. The highest BCUT2D eigenvalue weighted by molar-refractivity contribution is 5.96. The third-order valence-electron chi connectivity index (χ3n) is 3.04. The van der Waals surface area contributed by atoms with Gasteiger partial charge in [-0.25, -0.2) is 0 Å². The SMILES string of the molecule is CC(C)CCC(=O)O[C@H](C)C(=O)Nc1ccc(C(N)=O)cc1. The largest absolute Gasteiger partial charge is 0.453 e.